The first kappa shape index (κ1) is 16.6. The summed E-state index contributed by atoms with van der Waals surface area (Å²) in [5.41, 5.74) is 0.920. The van der Waals surface area contributed by atoms with Crippen LogP contribution in [0.2, 0.25) is 0 Å². The van der Waals surface area contributed by atoms with Gasteiger partial charge in [-0.2, -0.15) is 10.5 Å². The van der Waals surface area contributed by atoms with E-state index in [0.717, 1.165) is 0 Å². The fourth-order valence-electron chi connectivity index (χ4n) is 1.78. The van der Waals surface area contributed by atoms with Crippen LogP contribution >= 0.6 is 0 Å². The molecular formula is C15H18N4O2. The molecule has 0 aliphatic heterocycles. The molecule has 0 unspecified atom stereocenters. The molecule has 0 aromatic heterocycles. The van der Waals surface area contributed by atoms with Gasteiger partial charge in [0.25, 0.3) is 0 Å². The van der Waals surface area contributed by atoms with Crippen LogP contribution < -0.4 is 5.32 Å². The van der Waals surface area contributed by atoms with Gasteiger partial charge in [-0.25, -0.2) is 0 Å². The molecule has 0 saturated carbocycles. The Morgan fingerprint density at radius 3 is 2.76 bits per heavy atom. The highest BCUT2D eigenvalue weighted by molar-refractivity contribution is 5.93. The zero-order valence-electron chi connectivity index (χ0n) is 12.0. The number of para-hydroxylation sites is 1. The van der Waals surface area contributed by atoms with Crippen LogP contribution in [0.15, 0.2) is 24.3 Å². The molecule has 1 amide bonds. The Morgan fingerprint density at radius 1 is 1.33 bits per heavy atom. The number of rotatable bonds is 8. The van der Waals surface area contributed by atoms with E-state index < -0.39 is 0 Å². The maximum atomic E-state index is 12.0. The molecule has 6 heteroatoms. The number of ether oxygens (including phenoxy) is 1. The first-order chi connectivity index (χ1) is 10.2. The van der Waals surface area contributed by atoms with E-state index >= 15 is 0 Å². The van der Waals surface area contributed by atoms with E-state index in [2.05, 4.69) is 11.4 Å². The number of nitrogens with one attached hydrogen (secondary N) is 1. The Labute approximate surface area is 124 Å². The number of nitriles is 2. The lowest BCUT2D eigenvalue weighted by molar-refractivity contribution is -0.117. The number of hydrogen-bond donors (Lipinski definition) is 1. The van der Waals surface area contributed by atoms with Crippen LogP contribution in [0.4, 0.5) is 5.69 Å². The summed E-state index contributed by atoms with van der Waals surface area (Å²) in [6.07, 6.45) is 0.353. The van der Waals surface area contributed by atoms with Crippen molar-refractivity contribution in [2.24, 2.45) is 0 Å². The highest BCUT2D eigenvalue weighted by Gasteiger charge is 2.12. The third kappa shape index (κ3) is 6.05. The van der Waals surface area contributed by atoms with Crippen LogP contribution in [0.25, 0.3) is 0 Å². The summed E-state index contributed by atoms with van der Waals surface area (Å²) in [4.78, 5) is 13.9. The maximum absolute atomic E-state index is 12.0. The van der Waals surface area contributed by atoms with Gasteiger partial charge in [-0.1, -0.05) is 12.1 Å². The van der Waals surface area contributed by atoms with Crippen LogP contribution in [0.1, 0.15) is 12.0 Å². The summed E-state index contributed by atoms with van der Waals surface area (Å²) in [5, 5.41) is 20.3. The second-order valence-electron chi connectivity index (χ2n) is 4.38. The van der Waals surface area contributed by atoms with Gasteiger partial charge in [0.05, 0.1) is 30.5 Å². The van der Waals surface area contributed by atoms with Crippen LogP contribution in [0, 0.1) is 22.7 Å². The highest BCUT2D eigenvalue weighted by Crippen LogP contribution is 2.13. The van der Waals surface area contributed by atoms with E-state index in [0.29, 0.717) is 37.4 Å². The van der Waals surface area contributed by atoms with Crippen molar-refractivity contribution in [3.8, 4) is 12.1 Å². The van der Waals surface area contributed by atoms with Crippen LogP contribution in [0.3, 0.4) is 0 Å². The molecule has 0 aliphatic rings. The molecular weight excluding hydrogens is 268 g/mol. The standard InChI is InChI=1S/C15H18N4O2/c1-21-10-9-19(8-4-7-16)12-15(20)18-14-6-3-2-5-13(14)11-17/h2-3,5-6H,4,8-10,12H2,1H3,(H,18,20). The molecule has 0 spiro atoms. The molecule has 110 valence electrons. The minimum Gasteiger partial charge on any atom is -0.383 e. The van der Waals surface area contributed by atoms with Gasteiger partial charge in [-0.05, 0) is 12.1 Å². The molecule has 1 N–H and O–H groups in total. The average molecular weight is 286 g/mol. The second kappa shape index (κ2) is 9.49. The number of hydrogen-bond acceptors (Lipinski definition) is 5. The van der Waals surface area contributed by atoms with Gasteiger partial charge in [0.2, 0.25) is 5.91 Å². The first-order valence-electron chi connectivity index (χ1n) is 6.58. The number of carbonyl (C=O) groups is 1. The molecule has 0 aliphatic carbocycles. The van der Waals surface area contributed by atoms with Crippen molar-refractivity contribution in [1.29, 1.82) is 10.5 Å². The smallest absolute Gasteiger partial charge is 0.238 e. The van der Waals surface area contributed by atoms with Gasteiger partial charge in [-0.15, -0.1) is 0 Å². The molecule has 6 nitrogen and oxygen atoms in total. The fraction of sp³-hybridized carbons (Fsp3) is 0.400. The van der Waals surface area contributed by atoms with Gasteiger partial charge >= 0.3 is 0 Å². The molecule has 21 heavy (non-hydrogen) atoms. The predicted molar refractivity (Wildman–Crippen MR) is 78.3 cm³/mol. The zero-order valence-corrected chi connectivity index (χ0v) is 12.0. The van der Waals surface area contributed by atoms with Crippen molar-refractivity contribution in [3.63, 3.8) is 0 Å². The number of anilines is 1. The molecule has 0 radical (unpaired) electrons. The summed E-state index contributed by atoms with van der Waals surface area (Å²) in [6.45, 7) is 1.73. The van der Waals surface area contributed by atoms with E-state index in [9.17, 15) is 4.79 Å². The molecule has 1 rings (SSSR count). The first-order valence-corrected chi connectivity index (χ1v) is 6.58. The van der Waals surface area contributed by atoms with Gasteiger partial charge in [0, 0.05) is 26.6 Å². The fourth-order valence-corrected chi connectivity index (χ4v) is 1.78. The summed E-state index contributed by atoms with van der Waals surface area (Å²) >= 11 is 0. The minimum absolute atomic E-state index is 0.158. The molecule has 0 bridgehead atoms. The third-order valence-corrected chi connectivity index (χ3v) is 2.84. The van der Waals surface area contributed by atoms with Crippen LogP contribution in [-0.2, 0) is 9.53 Å². The molecule has 0 atom stereocenters. The van der Waals surface area contributed by atoms with E-state index in [1.165, 1.54) is 0 Å². The van der Waals surface area contributed by atoms with Gasteiger partial charge < -0.3 is 10.1 Å². The Morgan fingerprint density at radius 2 is 2.10 bits per heavy atom. The second-order valence-corrected chi connectivity index (χ2v) is 4.38. The quantitative estimate of drug-likeness (QED) is 0.779. The van der Waals surface area contributed by atoms with Crippen LogP contribution in [0.5, 0.6) is 0 Å². The summed E-state index contributed by atoms with van der Waals surface area (Å²) in [7, 11) is 1.59. The normalized spacial score (nSPS) is 9.90. The minimum atomic E-state index is -0.216. The zero-order chi connectivity index (χ0) is 15.5. The monoisotopic (exact) mass is 286 g/mol. The lowest BCUT2D eigenvalue weighted by Gasteiger charge is -2.20. The highest BCUT2D eigenvalue weighted by atomic mass is 16.5. The molecule has 0 saturated heterocycles. The van der Waals surface area contributed by atoms with E-state index in [1.54, 1.807) is 31.4 Å². The van der Waals surface area contributed by atoms with E-state index in [4.69, 9.17) is 15.3 Å². The van der Waals surface area contributed by atoms with E-state index in [1.807, 2.05) is 11.0 Å². The molecule has 0 heterocycles. The van der Waals surface area contributed by atoms with Crippen molar-refractivity contribution >= 4 is 11.6 Å². The number of carbonyl (C=O) groups excluding carboxylic acids is 1. The topological polar surface area (TPSA) is 89.2 Å². The molecule has 1 aromatic carbocycles. The largest absolute Gasteiger partial charge is 0.383 e. The predicted octanol–water partition coefficient (Wildman–Crippen LogP) is 1.36. The van der Waals surface area contributed by atoms with Crippen molar-refractivity contribution in [2.45, 2.75) is 6.42 Å². The Hall–Kier alpha value is -2.41. The van der Waals surface area contributed by atoms with E-state index in [-0.39, 0.29) is 12.5 Å². The Bertz CT molecular complexity index is 545. The maximum Gasteiger partial charge on any atom is 0.238 e. The summed E-state index contributed by atoms with van der Waals surface area (Å²) < 4.78 is 4.99. The van der Waals surface area contributed by atoms with Gasteiger partial charge in [0.15, 0.2) is 0 Å². The summed E-state index contributed by atoms with van der Waals surface area (Å²) in [5.74, 6) is -0.216. The Kier molecular flexibility index (Phi) is 7.52. The number of amides is 1. The lowest BCUT2D eigenvalue weighted by Crippen LogP contribution is -2.36. The number of nitrogens with zero attached hydrogens (tertiary/aromatic N) is 3. The van der Waals surface area contributed by atoms with Crippen molar-refractivity contribution in [2.75, 3.05) is 38.7 Å². The van der Waals surface area contributed by atoms with Crippen molar-refractivity contribution in [1.82, 2.24) is 4.90 Å². The third-order valence-electron chi connectivity index (χ3n) is 2.84. The molecule has 0 fully saturated rings. The Balaban J connectivity index is 2.60. The molecule has 1 aromatic rings. The van der Waals surface area contributed by atoms with Crippen molar-refractivity contribution in [3.05, 3.63) is 29.8 Å². The summed E-state index contributed by atoms with van der Waals surface area (Å²) in [6, 6.07) is 10.9. The van der Waals surface area contributed by atoms with Crippen LogP contribution in [-0.4, -0.2) is 44.2 Å². The number of methoxy groups -OCH3 is 1. The lowest BCUT2D eigenvalue weighted by atomic mass is 10.2. The van der Waals surface area contributed by atoms with Gasteiger partial charge in [0.1, 0.15) is 6.07 Å². The SMILES string of the molecule is COCCN(CCC#N)CC(=O)Nc1ccccc1C#N. The average Bonchev–Trinajstić information content (AvgIpc) is 2.50. The van der Waals surface area contributed by atoms with Crippen molar-refractivity contribution < 1.29 is 9.53 Å². The van der Waals surface area contributed by atoms with Gasteiger partial charge in [-0.3, -0.25) is 9.69 Å². The number of benzene rings is 1.